The zero-order valence-electron chi connectivity index (χ0n) is 15.5. The number of fused-ring (bicyclic) bond motifs is 2. The summed E-state index contributed by atoms with van der Waals surface area (Å²) in [4.78, 5) is 15.0. The van der Waals surface area contributed by atoms with Crippen molar-refractivity contribution in [1.29, 1.82) is 0 Å². The summed E-state index contributed by atoms with van der Waals surface area (Å²) in [6, 6.07) is 21.7. The third-order valence-corrected chi connectivity index (χ3v) is 5.29. The van der Waals surface area contributed by atoms with E-state index in [1.807, 2.05) is 65.6 Å². The van der Waals surface area contributed by atoms with Crippen LogP contribution in [0.2, 0.25) is 0 Å². The van der Waals surface area contributed by atoms with Crippen molar-refractivity contribution in [3.05, 3.63) is 89.0 Å². The van der Waals surface area contributed by atoms with Gasteiger partial charge in [-0.15, -0.1) is 0 Å². The molecule has 0 radical (unpaired) electrons. The fourth-order valence-corrected chi connectivity index (χ4v) is 3.81. The number of nitrogens with one attached hydrogen (secondary N) is 1. The van der Waals surface area contributed by atoms with Crippen LogP contribution in [0.5, 0.6) is 11.5 Å². The molecule has 3 aromatic carbocycles. The fraction of sp³-hybridized carbons (Fsp3) is 0.174. The predicted octanol–water partition coefficient (Wildman–Crippen LogP) is 4.49. The van der Waals surface area contributed by atoms with E-state index >= 15 is 0 Å². The quantitative estimate of drug-likeness (QED) is 0.733. The lowest BCUT2D eigenvalue weighted by Crippen LogP contribution is -2.32. The lowest BCUT2D eigenvalue weighted by Gasteiger charge is -2.28. The number of para-hydroxylation sites is 1. The highest BCUT2D eigenvalue weighted by Crippen LogP contribution is 2.38. The molecule has 0 saturated heterocycles. The number of aryl methyl sites for hydroxylation is 1. The Morgan fingerprint density at radius 1 is 1.00 bits per heavy atom. The SMILES string of the molecule is Cc1ccccc1N[C@H]1c2ccccc2C(=O)N1Cc1ccc2c(c1)OCO2. The number of ether oxygens (including phenoxy) is 2. The minimum Gasteiger partial charge on any atom is -0.454 e. The van der Waals surface area contributed by atoms with Crippen LogP contribution in [0.15, 0.2) is 66.7 Å². The van der Waals surface area contributed by atoms with Gasteiger partial charge in [0.1, 0.15) is 6.17 Å². The molecule has 1 N–H and O–H groups in total. The van der Waals surface area contributed by atoms with Gasteiger partial charge in [-0.2, -0.15) is 0 Å². The van der Waals surface area contributed by atoms with Gasteiger partial charge in [-0.3, -0.25) is 4.79 Å². The predicted molar refractivity (Wildman–Crippen MR) is 106 cm³/mol. The molecular weight excluding hydrogens is 352 g/mol. The van der Waals surface area contributed by atoms with E-state index in [-0.39, 0.29) is 18.9 Å². The summed E-state index contributed by atoms with van der Waals surface area (Å²) in [5.74, 6) is 1.50. The molecule has 0 spiro atoms. The Hall–Kier alpha value is -3.47. The number of hydrogen-bond acceptors (Lipinski definition) is 4. The second-order valence-corrected chi connectivity index (χ2v) is 7.07. The molecule has 2 heterocycles. The average Bonchev–Trinajstić information content (AvgIpc) is 3.28. The van der Waals surface area contributed by atoms with Crippen molar-refractivity contribution in [2.24, 2.45) is 0 Å². The van der Waals surface area contributed by atoms with Gasteiger partial charge in [0.15, 0.2) is 11.5 Å². The maximum atomic E-state index is 13.2. The summed E-state index contributed by atoms with van der Waals surface area (Å²) in [6.07, 6.45) is -0.227. The Bertz CT molecular complexity index is 1060. The van der Waals surface area contributed by atoms with Crippen molar-refractivity contribution in [3.8, 4) is 11.5 Å². The van der Waals surface area contributed by atoms with Crippen molar-refractivity contribution < 1.29 is 14.3 Å². The van der Waals surface area contributed by atoms with Gasteiger partial charge in [0, 0.05) is 23.4 Å². The minimum atomic E-state index is -0.227. The molecule has 0 aromatic heterocycles. The Balaban J connectivity index is 1.50. The van der Waals surface area contributed by atoms with Gasteiger partial charge in [0.05, 0.1) is 0 Å². The van der Waals surface area contributed by atoms with E-state index in [0.717, 1.165) is 39.4 Å². The molecule has 1 atom stereocenters. The highest BCUT2D eigenvalue weighted by atomic mass is 16.7. The molecule has 140 valence electrons. The van der Waals surface area contributed by atoms with Crippen molar-refractivity contribution in [2.75, 3.05) is 12.1 Å². The lowest BCUT2D eigenvalue weighted by molar-refractivity contribution is 0.0728. The highest BCUT2D eigenvalue weighted by molar-refractivity contribution is 5.99. The minimum absolute atomic E-state index is 0.0272. The number of carbonyl (C=O) groups is 1. The van der Waals surface area contributed by atoms with Gasteiger partial charge in [-0.05, 0) is 42.3 Å². The number of benzene rings is 3. The molecule has 0 unspecified atom stereocenters. The van der Waals surface area contributed by atoms with Gasteiger partial charge >= 0.3 is 0 Å². The van der Waals surface area contributed by atoms with E-state index in [1.165, 1.54) is 0 Å². The fourth-order valence-electron chi connectivity index (χ4n) is 3.81. The van der Waals surface area contributed by atoms with E-state index in [0.29, 0.717) is 6.54 Å². The van der Waals surface area contributed by atoms with Crippen LogP contribution in [-0.2, 0) is 6.54 Å². The molecule has 3 aromatic rings. The molecule has 1 amide bonds. The van der Waals surface area contributed by atoms with Gasteiger partial charge in [-0.25, -0.2) is 0 Å². The van der Waals surface area contributed by atoms with Crippen LogP contribution in [0.1, 0.15) is 33.2 Å². The third-order valence-electron chi connectivity index (χ3n) is 5.29. The summed E-state index contributed by atoms with van der Waals surface area (Å²) >= 11 is 0. The van der Waals surface area contributed by atoms with Crippen LogP contribution in [0.25, 0.3) is 0 Å². The number of nitrogens with zero attached hydrogens (tertiary/aromatic N) is 1. The van der Waals surface area contributed by atoms with Crippen LogP contribution in [0.3, 0.4) is 0 Å². The summed E-state index contributed by atoms with van der Waals surface area (Å²) in [5, 5.41) is 3.57. The topological polar surface area (TPSA) is 50.8 Å². The van der Waals surface area contributed by atoms with Gasteiger partial charge in [-0.1, -0.05) is 42.5 Å². The molecule has 0 bridgehead atoms. The molecule has 28 heavy (non-hydrogen) atoms. The maximum Gasteiger partial charge on any atom is 0.256 e. The summed E-state index contributed by atoms with van der Waals surface area (Å²) in [7, 11) is 0. The van der Waals surface area contributed by atoms with Crippen molar-refractivity contribution in [3.63, 3.8) is 0 Å². The smallest absolute Gasteiger partial charge is 0.256 e. The molecule has 5 rings (SSSR count). The van der Waals surface area contributed by atoms with E-state index < -0.39 is 0 Å². The Kier molecular flexibility index (Phi) is 3.93. The first-order chi connectivity index (χ1) is 13.7. The van der Waals surface area contributed by atoms with Gasteiger partial charge < -0.3 is 19.7 Å². The average molecular weight is 372 g/mol. The normalized spacial score (nSPS) is 17.0. The van der Waals surface area contributed by atoms with Crippen molar-refractivity contribution in [2.45, 2.75) is 19.6 Å². The first-order valence-corrected chi connectivity index (χ1v) is 9.31. The van der Waals surface area contributed by atoms with Crippen molar-refractivity contribution >= 4 is 11.6 Å². The lowest BCUT2D eigenvalue weighted by atomic mass is 10.1. The second-order valence-electron chi connectivity index (χ2n) is 7.07. The summed E-state index contributed by atoms with van der Waals surface area (Å²) in [5.41, 5.74) is 4.91. The van der Waals surface area contributed by atoms with Crippen LogP contribution >= 0.6 is 0 Å². The number of anilines is 1. The number of rotatable bonds is 4. The van der Waals surface area contributed by atoms with Gasteiger partial charge in [0.25, 0.3) is 5.91 Å². The first-order valence-electron chi connectivity index (χ1n) is 9.31. The van der Waals surface area contributed by atoms with E-state index in [2.05, 4.69) is 18.3 Å². The molecule has 2 aliphatic rings. The number of hydrogen-bond donors (Lipinski definition) is 1. The van der Waals surface area contributed by atoms with Crippen LogP contribution in [0, 0.1) is 6.92 Å². The van der Waals surface area contributed by atoms with Crippen LogP contribution in [-0.4, -0.2) is 17.6 Å². The highest BCUT2D eigenvalue weighted by Gasteiger charge is 2.36. The second kappa shape index (κ2) is 6.60. The largest absolute Gasteiger partial charge is 0.454 e. The van der Waals surface area contributed by atoms with Crippen LogP contribution in [0.4, 0.5) is 5.69 Å². The molecule has 0 saturated carbocycles. The molecule has 0 fully saturated rings. The van der Waals surface area contributed by atoms with Gasteiger partial charge in [0.2, 0.25) is 6.79 Å². The Labute approximate surface area is 163 Å². The molecule has 2 aliphatic heterocycles. The van der Waals surface area contributed by atoms with E-state index in [9.17, 15) is 4.79 Å². The molecular formula is C23H20N2O3. The molecule has 5 nitrogen and oxygen atoms in total. The van der Waals surface area contributed by atoms with E-state index in [4.69, 9.17) is 9.47 Å². The van der Waals surface area contributed by atoms with Crippen LogP contribution < -0.4 is 14.8 Å². The first kappa shape index (κ1) is 16.7. The maximum absolute atomic E-state index is 13.2. The molecule has 5 heteroatoms. The summed E-state index contributed by atoms with van der Waals surface area (Å²) in [6.45, 7) is 2.78. The molecule has 0 aliphatic carbocycles. The number of amides is 1. The monoisotopic (exact) mass is 372 g/mol. The van der Waals surface area contributed by atoms with E-state index in [1.54, 1.807) is 0 Å². The number of carbonyl (C=O) groups excluding carboxylic acids is 1. The zero-order valence-corrected chi connectivity index (χ0v) is 15.5. The standard InChI is InChI=1S/C23H20N2O3/c1-15-6-2-5-9-19(15)24-22-17-7-3-4-8-18(17)23(26)25(22)13-16-10-11-20-21(12-16)28-14-27-20/h2-12,22,24H,13-14H2,1H3/t22-/m1/s1. The zero-order chi connectivity index (χ0) is 19.1. The Morgan fingerprint density at radius 3 is 2.68 bits per heavy atom. The summed E-state index contributed by atoms with van der Waals surface area (Å²) < 4.78 is 10.9. The third kappa shape index (κ3) is 2.76. The Morgan fingerprint density at radius 2 is 1.79 bits per heavy atom. The van der Waals surface area contributed by atoms with Crippen molar-refractivity contribution in [1.82, 2.24) is 4.90 Å².